The third-order valence-corrected chi connectivity index (χ3v) is 5.37. The molecule has 11 heteroatoms. The first-order valence-electron chi connectivity index (χ1n) is 10.0. The van der Waals surface area contributed by atoms with Crippen molar-refractivity contribution in [2.45, 2.75) is 32.1 Å². The Morgan fingerprint density at radius 2 is 2.03 bits per heavy atom. The zero-order valence-corrected chi connectivity index (χ0v) is 18.1. The van der Waals surface area contributed by atoms with Crippen molar-refractivity contribution in [1.29, 1.82) is 0 Å². The number of fused-ring (bicyclic) bond motifs is 1. The number of hydrogen-bond donors (Lipinski definition) is 0. The number of amides is 1. The van der Waals surface area contributed by atoms with Gasteiger partial charge < -0.3 is 24.5 Å². The Morgan fingerprint density at radius 1 is 1.26 bits per heavy atom. The van der Waals surface area contributed by atoms with E-state index in [9.17, 15) is 14.9 Å². The number of aromatic nitrogens is 2. The summed E-state index contributed by atoms with van der Waals surface area (Å²) >= 11 is 0. The summed E-state index contributed by atoms with van der Waals surface area (Å²) in [5.74, 6) is -0.202. The van der Waals surface area contributed by atoms with Crippen LogP contribution >= 0.6 is 12.4 Å². The quantitative estimate of drug-likeness (QED) is 0.508. The van der Waals surface area contributed by atoms with E-state index in [-0.39, 0.29) is 36.9 Å². The van der Waals surface area contributed by atoms with E-state index in [1.54, 1.807) is 9.47 Å². The number of benzene rings is 1. The number of nitrogens with zero attached hydrogens (tertiary/aromatic N) is 5. The summed E-state index contributed by atoms with van der Waals surface area (Å²) in [4.78, 5) is 30.7. The summed E-state index contributed by atoms with van der Waals surface area (Å²) in [6, 6.07) is 9.91. The Balaban J connectivity index is 0.00000272. The van der Waals surface area contributed by atoms with Gasteiger partial charge in [0.15, 0.2) is 0 Å². The van der Waals surface area contributed by atoms with Crippen molar-refractivity contribution < 1.29 is 19.2 Å². The molecule has 1 fully saturated rings. The molecule has 0 bridgehead atoms. The Bertz CT molecular complexity index is 898. The SMILES string of the molecule is CC1(CN2CCCN(C(=O)OCc3ccccc3)CC2)Cn2cc([N+](=O)[O-])nc2O1.Cl. The number of carbonyl (C=O) groups is 1. The summed E-state index contributed by atoms with van der Waals surface area (Å²) in [5.41, 5.74) is 0.451. The van der Waals surface area contributed by atoms with Crippen molar-refractivity contribution in [2.75, 3.05) is 32.7 Å². The second kappa shape index (κ2) is 9.52. The maximum Gasteiger partial charge on any atom is 0.415 e. The van der Waals surface area contributed by atoms with Crippen LogP contribution in [-0.4, -0.2) is 68.7 Å². The summed E-state index contributed by atoms with van der Waals surface area (Å²) in [6.45, 7) is 6.17. The standard InChI is InChI=1S/C20H25N5O5.ClH/c1-20(15-24-12-17(25(27)28)21-18(24)30-20)14-22-8-5-9-23(11-10-22)19(26)29-13-16-6-3-2-4-7-16;/h2-4,6-7,12H,5,8-11,13-15H2,1H3;1H. The van der Waals surface area contributed by atoms with Gasteiger partial charge in [-0.3, -0.25) is 9.47 Å². The molecule has 0 saturated carbocycles. The summed E-state index contributed by atoms with van der Waals surface area (Å²) in [7, 11) is 0. The highest BCUT2D eigenvalue weighted by atomic mass is 35.5. The average Bonchev–Trinajstić information content (AvgIpc) is 3.13. The first kappa shape index (κ1) is 22.8. The van der Waals surface area contributed by atoms with Crippen molar-refractivity contribution in [1.82, 2.24) is 19.4 Å². The fraction of sp³-hybridized carbons (Fsp3) is 0.500. The van der Waals surface area contributed by atoms with Gasteiger partial charge in [0, 0.05) is 37.7 Å². The van der Waals surface area contributed by atoms with Gasteiger partial charge in [-0.05, 0) is 23.8 Å². The van der Waals surface area contributed by atoms with Gasteiger partial charge in [0.05, 0.1) is 6.54 Å². The maximum absolute atomic E-state index is 12.4. The molecule has 0 spiro atoms. The fourth-order valence-corrected chi connectivity index (χ4v) is 3.96. The third-order valence-electron chi connectivity index (χ3n) is 5.37. The van der Waals surface area contributed by atoms with Gasteiger partial charge in [-0.25, -0.2) is 4.79 Å². The van der Waals surface area contributed by atoms with Crippen LogP contribution in [0, 0.1) is 10.1 Å². The average molecular weight is 452 g/mol. The molecule has 168 valence electrons. The topological polar surface area (TPSA) is 103 Å². The molecule has 1 saturated heterocycles. The van der Waals surface area contributed by atoms with Crippen LogP contribution in [0.1, 0.15) is 18.9 Å². The van der Waals surface area contributed by atoms with Crippen molar-refractivity contribution in [3.05, 3.63) is 52.2 Å². The molecule has 1 atom stereocenters. The molecule has 0 N–H and O–H groups in total. The zero-order valence-electron chi connectivity index (χ0n) is 17.3. The van der Waals surface area contributed by atoms with Crippen LogP contribution in [0.5, 0.6) is 6.01 Å². The highest BCUT2D eigenvalue weighted by Gasteiger charge is 2.41. The lowest BCUT2D eigenvalue weighted by atomic mass is 10.1. The molecule has 1 amide bonds. The lowest BCUT2D eigenvalue weighted by Gasteiger charge is -2.30. The fourth-order valence-electron chi connectivity index (χ4n) is 3.96. The van der Waals surface area contributed by atoms with E-state index in [0.29, 0.717) is 32.7 Å². The largest absolute Gasteiger partial charge is 0.445 e. The Hall–Kier alpha value is -2.85. The van der Waals surface area contributed by atoms with Crippen LogP contribution < -0.4 is 4.74 Å². The summed E-state index contributed by atoms with van der Waals surface area (Å²) in [5, 5.41) is 10.9. The molecular weight excluding hydrogens is 426 g/mol. The van der Waals surface area contributed by atoms with Crippen LogP contribution in [0.25, 0.3) is 0 Å². The van der Waals surface area contributed by atoms with Crippen LogP contribution in [0.15, 0.2) is 36.5 Å². The maximum atomic E-state index is 12.4. The number of nitro groups is 1. The minimum atomic E-state index is -0.522. The van der Waals surface area contributed by atoms with Crippen molar-refractivity contribution in [3.63, 3.8) is 0 Å². The lowest BCUT2D eigenvalue weighted by Crippen LogP contribution is -2.46. The van der Waals surface area contributed by atoms with E-state index in [1.807, 2.05) is 37.3 Å². The van der Waals surface area contributed by atoms with Crippen LogP contribution in [0.3, 0.4) is 0 Å². The molecule has 2 aliphatic heterocycles. The number of hydrogen-bond acceptors (Lipinski definition) is 7. The Labute approximate surface area is 186 Å². The second-order valence-electron chi connectivity index (χ2n) is 7.98. The molecule has 2 aliphatic rings. The minimum Gasteiger partial charge on any atom is -0.445 e. The van der Waals surface area contributed by atoms with E-state index >= 15 is 0 Å². The van der Waals surface area contributed by atoms with Crippen molar-refractivity contribution in [3.8, 4) is 6.01 Å². The highest BCUT2D eigenvalue weighted by molar-refractivity contribution is 5.85. The van der Waals surface area contributed by atoms with E-state index < -0.39 is 10.5 Å². The van der Waals surface area contributed by atoms with Crippen LogP contribution in [0.4, 0.5) is 10.6 Å². The minimum absolute atomic E-state index is 0. The Kier molecular flexibility index (Phi) is 7.01. The monoisotopic (exact) mass is 451 g/mol. The molecule has 1 aromatic carbocycles. The molecule has 0 radical (unpaired) electrons. The third kappa shape index (κ3) is 5.45. The number of halogens is 1. The van der Waals surface area contributed by atoms with Gasteiger partial charge >= 0.3 is 17.9 Å². The molecule has 0 aliphatic carbocycles. The van der Waals surface area contributed by atoms with Crippen LogP contribution in [0.2, 0.25) is 0 Å². The van der Waals surface area contributed by atoms with Crippen molar-refractivity contribution >= 4 is 24.3 Å². The molecular formula is C20H26ClN5O5. The highest BCUT2D eigenvalue weighted by Crippen LogP contribution is 2.31. The van der Waals surface area contributed by atoms with Gasteiger partial charge in [-0.2, -0.15) is 0 Å². The van der Waals surface area contributed by atoms with Crippen LogP contribution in [-0.2, 0) is 17.9 Å². The number of ether oxygens (including phenoxy) is 2. The summed E-state index contributed by atoms with van der Waals surface area (Å²) in [6.07, 6.45) is 1.96. The van der Waals surface area contributed by atoms with E-state index in [0.717, 1.165) is 18.5 Å². The molecule has 4 rings (SSSR count). The van der Waals surface area contributed by atoms with Gasteiger partial charge in [0.1, 0.15) is 18.4 Å². The predicted molar refractivity (Wildman–Crippen MR) is 114 cm³/mol. The van der Waals surface area contributed by atoms with Gasteiger partial charge in [0.2, 0.25) is 0 Å². The van der Waals surface area contributed by atoms with E-state index in [2.05, 4.69) is 9.88 Å². The second-order valence-corrected chi connectivity index (χ2v) is 7.98. The zero-order chi connectivity index (χ0) is 21.1. The van der Waals surface area contributed by atoms with Gasteiger partial charge in [0.25, 0.3) is 0 Å². The predicted octanol–water partition coefficient (Wildman–Crippen LogP) is 2.71. The van der Waals surface area contributed by atoms with Crippen molar-refractivity contribution in [2.24, 2.45) is 0 Å². The number of imidazole rings is 1. The first-order valence-corrected chi connectivity index (χ1v) is 10.0. The molecule has 1 unspecified atom stereocenters. The lowest BCUT2D eigenvalue weighted by molar-refractivity contribution is -0.389. The normalized spacial score (nSPS) is 20.9. The first-order chi connectivity index (χ1) is 14.4. The number of rotatable bonds is 5. The van der Waals surface area contributed by atoms with E-state index in [4.69, 9.17) is 9.47 Å². The number of carbonyl (C=O) groups excluding carboxylic acids is 1. The molecule has 1 aromatic heterocycles. The molecule has 10 nitrogen and oxygen atoms in total. The Morgan fingerprint density at radius 3 is 2.74 bits per heavy atom. The van der Waals surface area contributed by atoms with Gasteiger partial charge in [-0.15, -0.1) is 12.4 Å². The molecule has 31 heavy (non-hydrogen) atoms. The van der Waals surface area contributed by atoms with E-state index in [1.165, 1.54) is 6.20 Å². The van der Waals surface area contributed by atoms with Gasteiger partial charge in [-0.1, -0.05) is 30.3 Å². The smallest absolute Gasteiger partial charge is 0.415 e. The molecule has 2 aromatic rings. The summed E-state index contributed by atoms with van der Waals surface area (Å²) < 4.78 is 13.1. The molecule has 3 heterocycles.